The van der Waals surface area contributed by atoms with Gasteiger partial charge in [0.05, 0.1) is 12.1 Å². The SMILES string of the molecule is COC1(C)CCCN(C(=O)c2ccc(CN)o2)C1. The zero-order valence-corrected chi connectivity index (χ0v) is 10.9. The maximum absolute atomic E-state index is 12.3. The quantitative estimate of drug-likeness (QED) is 0.882. The van der Waals surface area contributed by atoms with Crippen LogP contribution in [0.2, 0.25) is 0 Å². The van der Waals surface area contributed by atoms with Crippen LogP contribution in [0.15, 0.2) is 16.5 Å². The fourth-order valence-corrected chi connectivity index (χ4v) is 2.30. The van der Waals surface area contributed by atoms with Crippen molar-refractivity contribution in [1.29, 1.82) is 0 Å². The van der Waals surface area contributed by atoms with Crippen molar-refractivity contribution < 1.29 is 13.9 Å². The normalized spacial score (nSPS) is 24.3. The van der Waals surface area contributed by atoms with Gasteiger partial charge in [0.2, 0.25) is 0 Å². The van der Waals surface area contributed by atoms with E-state index in [1.165, 1.54) is 0 Å². The molecule has 1 aliphatic rings. The molecule has 1 aliphatic heterocycles. The molecule has 0 aromatic carbocycles. The molecular formula is C13H20N2O3. The summed E-state index contributed by atoms with van der Waals surface area (Å²) in [7, 11) is 1.69. The zero-order chi connectivity index (χ0) is 13.2. The van der Waals surface area contributed by atoms with Crippen LogP contribution in [0.1, 0.15) is 36.1 Å². The summed E-state index contributed by atoms with van der Waals surface area (Å²) in [5, 5.41) is 0. The van der Waals surface area contributed by atoms with Crippen LogP contribution in [0.3, 0.4) is 0 Å². The van der Waals surface area contributed by atoms with Gasteiger partial charge in [-0.3, -0.25) is 4.79 Å². The average molecular weight is 252 g/mol. The summed E-state index contributed by atoms with van der Waals surface area (Å²) in [4.78, 5) is 14.1. The Bertz CT molecular complexity index is 430. The molecule has 2 heterocycles. The van der Waals surface area contributed by atoms with E-state index < -0.39 is 0 Å². The van der Waals surface area contributed by atoms with Crippen LogP contribution in [0.4, 0.5) is 0 Å². The number of rotatable bonds is 3. The van der Waals surface area contributed by atoms with Crippen LogP contribution in [0.5, 0.6) is 0 Å². The molecule has 5 nitrogen and oxygen atoms in total. The molecule has 0 saturated carbocycles. The molecule has 1 amide bonds. The van der Waals surface area contributed by atoms with Crippen LogP contribution < -0.4 is 5.73 Å². The lowest BCUT2D eigenvalue weighted by atomic mass is 9.94. The molecule has 1 atom stereocenters. The molecule has 0 spiro atoms. The number of amides is 1. The third-order valence-electron chi connectivity index (χ3n) is 3.51. The number of likely N-dealkylation sites (tertiary alicyclic amines) is 1. The first-order valence-electron chi connectivity index (χ1n) is 6.21. The zero-order valence-electron chi connectivity index (χ0n) is 10.9. The van der Waals surface area contributed by atoms with E-state index in [2.05, 4.69) is 0 Å². The van der Waals surface area contributed by atoms with Gasteiger partial charge in [0.15, 0.2) is 5.76 Å². The number of nitrogens with two attached hydrogens (primary N) is 1. The topological polar surface area (TPSA) is 68.7 Å². The van der Waals surface area contributed by atoms with Gasteiger partial charge in [0.25, 0.3) is 5.91 Å². The predicted molar refractivity (Wildman–Crippen MR) is 67.2 cm³/mol. The Morgan fingerprint density at radius 2 is 2.39 bits per heavy atom. The highest BCUT2D eigenvalue weighted by molar-refractivity contribution is 5.91. The highest BCUT2D eigenvalue weighted by Gasteiger charge is 2.34. The molecule has 5 heteroatoms. The number of piperidine rings is 1. The van der Waals surface area contributed by atoms with Crippen LogP contribution >= 0.6 is 0 Å². The third-order valence-corrected chi connectivity index (χ3v) is 3.51. The number of furan rings is 1. The van der Waals surface area contributed by atoms with Gasteiger partial charge in [-0.25, -0.2) is 0 Å². The molecule has 1 aromatic rings. The molecule has 2 N–H and O–H groups in total. The molecule has 1 saturated heterocycles. The standard InChI is InChI=1S/C13H20N2O3/c1-13(17-2)6-3-7-15(9-13)12(16)11-5-4-10(8-14)18-11/h4-5H,3,6-9,14H2,1-2H3. The molecule has 1 aromatic heterocycles. The number of ether oxygens (including phenoxy) is 1. The van der Waals surface area contributed by atoms with Crippen molar-refractivity contribution in [2.24, 2.45) is 5.73 Å². The summed E-state index contributed by atoms with van der Waals surface area (Å²) >= 11 is 0. The Hall–Kier alpha value is -1.33. The highest BCUT2D eigenvalue weighted by atomic mass is 16.5. The summed E-state index contributed by atoms with van der Waals surface area (Å²) in [6.07, 6.45) is 1.92. The van der Waals surface area contributed by atoms with Crippen molar-refractivity contribution in [3.05, 3.63) is 23.7 Å². The van der Waals surface area contributed by atoms with E-state index >= 15 is 0 Å². The lowest BCUT2D eigenvalue weighted by Gasteiger charge is -2.39. The molecule has 2 rings (SSSR count). The van der Waals surface area contributed by atoms with Gasteiger partial charge in [-0.1, -0.05) is 0 Å². The Morgan fingerprint density at radius 3 is 3.00 bits per heavy atom. The van der Waals surface area contributed by atoms with Gasteiger partial charge in [-0.05, 0) is 31.9 Å². The lowest BCUT2D eigenvalue weighted by Crippen LogP contribution is -2.49. The van der Waals surface area contributed by atoms with Crippen molar-refractivity contribution >= 4 is 5.91 Å². The van der Waals surface area contributed by atoms with E-state index in [4.69, 9.17) is 14.9 Å². The monoisotopic (exact) mass is 252 g/mol. The molecule has 18 heavy (non-hydrogen) atoms. The van der Waals surface area contributed by atoms with E-state index in [0.29, 0.717) is 24.6 Å². The van der Waals surface area contributed by atoms with Crippen LogP contribution in [0, 0.1) is 0 Å². The number of nitrogens with zero attached hydrogens (tertiary/aromatic N) is 1. The number of carbonyl (C=O) groups excluding carboxylic acids is 1. The van der Waals surface area contributed by atoms with E-state index in [-0.39, 0.29) is 11.5 Å². The van der Waals surface area contributed by atoms with Gasteiger partial charge in [-0.15, -0.1) is 0 Å². The van der Waals surface area contributed by atoms with Crippen LogP contribution in [0.25, 0.3) is 0 Å². The predicted octanol–water partition coefficient (Wildman–Crippen LogP) is 1.38. The number of methoxy groups -OCH3 is 1. The number of hydrogen-bond donors (Lipinski definition) is 1. The first kappa shape index (κ1) is 13.1. The van der Waals surface area contributed by atoms with Crippen molar-refractivity contribution in [1.82, 2.24) is 4.90 Å². The second kappa shape index (κ2) is 5.12. The summed E-state index contributed by atoms with van der Waals surface area (Å²) < 4.78 is 10.9. The second-order valence-electron chi connectivity index (χ2n) is 4.95. The Balaban J connectivity index is 2.09. The first-order chi connectivity index (χ1) is 8.58. The minimum Gasteiger partial charge on any atom is -0.455 e. The van der Waals surface area contributed by atoms with E-state index in [1.54, 1.807) is 24.1 Å². The van der Waals surface area contributed by atoms with Crippen molar-refractivity contribution in [2.75, 3.05) is 20.2 Å². The Labute approximate surface area is 107 Å². The van der Waals surface area contributed by atoms with Crippen LogP contribution in [-0.2, 0) is 11.3 Å². The molecule has 1 unspecified atom stereocenters. The van der Waals surface area contributed by atoms with Gasteiger partial charge < -0.3 is 19.8 Å². The Kier molecular flexibility index (Phi) is 3.73. The average Bonchev–Trinajstić information content (AvgIpc) is 2.86. The van der Waals surface area contributed by atoms with Gasteiger partial charge in [-0.2, -0.15) is 0 Å². The lowest BCUT2D eigenvalue weighted by molar-refractivity contribution is -0.0445. The first-order valence-corrected chi connectivity index (χ1v) is 6.21. The summed E-state index contributed by atoms with van der Waals surface area (Å²) in [6, 6.07) is 3.43. The molecule has 0 bridgehead atoms. The molecule has 100 valence electrons. The van der Waals surface area contributed by atoms with Gasteiger partial charge in [0.1, 0.15) is 5.76 Å². The van der Waals surface area contributed by atoms with Crippen molar-refractivity contribution in [3.63, 3.8) is 0 Å². The third kappa shape index (κ3) is 2.57. The summed E-state index contributed by atoms with van der Waals surface area (Å²) in [6.45, 7) is 3.68. The number of hydrogen-bond acceptors (Lipinski definition) is 4. The minimum atomic E-state index is -0.253. The molecular weight excluding hydrogens is 232 g/mol. The summed E-state index contributed by atoms with van der Waals surface area (Å²) in [5.74, 6) is 0.901. The molecule has 0 radical (unpaired) electrons. The summed E-state index contributed by atoms with van der Waals surface area (Å²) in [5.41, 5.74) is 5.21. The fourth-order valence-electron chi connectivity index (χ4n) is 2.30. The smallest absolute Gasteiger partial charge is 0.289 e. The van der Waals surface area contributed by atoms with E-state index in [9.17, 15) is 4.79 Å². The number of carbonyl (C=O) groups is 1. The van der Waals surface area contributed by atoms with Gasteiger partial charge >= 0.3 is 0 Å². The van der Waals surface area contributed by atoms with Crippen molar-refractivity contribution in [2.45, 2.75) is 31.9 Å². The minimum absolute atomic E-state index is 0.0855. The second-order valence-corrected chi connectivity index (χ2v) is 4.95. The maximum atomic E-state index is 12.3. The van der Waals surface area contributed by atoms with Crippen LogP contribution in [-0.4, -0.2) is 36.6 Å². The molecule has 1 fully saturated rings. The van der Waals surface area contributed by atoms with Gasteiger partial charge in [0, 0.05) is 20.2 Å². The van der Waals surface area contributed by atoms with E-state index in [0.717, 1.165) is 19.4 Å². The van der Waals surface area contributed by atoms with E-state index in [1.807, 2.05) is 6.92 Å². The fraction of sp³-hybridized carbons (Fsp3) is 0.615. The largest absolute Gasteiger partial charge is 0.455 e. The van der Waals surface area contributed by atoms with Crippen molar-refractivity contribution in [3.8, 4) is 0 Å². The maximum Gasteiger partial charge on any atom is 0.289 e. The Morgan fingerprint density at radius 1 is 1.61 bits per heavy atom. The highest BCUT2D eigenvalue weighted by Crippen LogP contribution is 2.25. The molecule has 0 aliphatic carbocycles.